The molecule has 0 radical (unpaired) electrons. The Morgan fingerprint density at radius 3 is 2.21 bits per heavy atom. The Hall–Kier alpha value is -1.58. The molecule has 0 spiro atoms. The molecule has 0 bridgehead atoms. The molecular formula is C20H30FNO2. The number of amides is 1. The van der Waals surface area contributed by atoms with E-state index in [1.807, 2.05) is 32.9 Å². The SMILES string of the molecule is CC(C)(C)OC(=O)N1CCC(C(C)(C)C)C(c2ccc(F)cc2)C1. The highest BCUT2D eigenvalue weighted by molar-refractivity contribution is 5.68. The Kier molecular flexibility index (Phi) is 5.26. The van der Waals surface area contributed by atoms with E-state index < -0.39 is 5.60 Å². The fraction of sp³-hybridized carbons (Fsp3) is 0.650. The number of halogens is 1. The topological polar surface area (TPSA) is 29.5 Å². The van der Waals surface area contributed by atoms with Gasteiger partial charge in [0.25, 0.3) is 0 Å². The second-order valence-corrected chi connectivity index (χ2v) is 8.85. The third-order valence-corrected chi connectivity index (χ3v) is 4.68. The zero-order valence-corrected chi connectivity index (χ0v) is 15.7. The molecule has 24 heavy (non-hydrogen) atoms. The zero-order valence-electron chi connectivity index (χ0n) is 15.7. The lowest BCUT2D eigenvalue weighted by atomic mass is 9.67. The van der Waals surface area contributed by atoms with Gasteiger partial charge in [0, 0.05) is 19.0 Å². The van der Waals surface area contributed by atoms with E-state index in [2.05, 4.69) is 20.8 Å². The quantitative estimate of drug-likeness (QED) is 0.705. The number of hydrogen-bond donors (Lipinski definition) is 0. The van der Waals surface area contributed by atoms with Gasteiger partial charge in [-0.25, -0.2) is 9.18 Å². The van der Waals surface area contributed by atoms with E-state index in [9.17, 15) is 9.18 Å². The van der Waals surface area contributed by atoms with Crippen molar-refractivity contribution in [3.05, 3.63) is 35.6 Å². The summed E-state index contributed by atoms with van der Waals surface area (Å²) in [6.45, 7) is 13.7. The minimum absolute atomic E-state index is 0.124. The monoisotopic (exact) mass is 335 g/mol. The summed E-state index contributed by atoms with van der Waals surface area (Å²) in [5, 5.41) is 0. The first-order valence-electron chi connectivity index (χ1n) is 8.71. The van der Waals surface area contributed by atoms with Crippen LogP contribution in [0.2, 0.25) is 0 Å². The fourth-order valence-electron chi connectivity index (χ4n) is 3.53. The first kappa shape index (κ1) is 18.8. The smallest absolute Gasteiger partial charge is 0.410 e. The number of likely N-dealkylation sites (tertiary alicyclic amines) is 1. The molecule has 1 aliphatic heterocycles. The van der Waals surface area contributed by atoms with Crippen molar-refractivity contribution in [3.8, 4) is 0 Å². The molecule has 1 aliphatic rings. The van der Waals surface area contributed by atoms with Gasteiger partial charge in [-0.2, -0.15) is 0 Å². The molecule has 1 fully saturated rings. The average molecular weight is 335 g/mol. The molecule has 0 N–H and O–H groups in total. The molecule has 2 rings (SSSR count). The number of carbonyl (C=O) groups is 1. The van der Waals surface area contributed by atoms with E-state index in [0.717, 1.165) is 12.0 Å². The van der Waals surface area contributed by atoms with Crippen molar-refractivity contribution in [2.24, 2.45) is 11.3 Å². The average Bonchev–Trinajstić information content (AvgIpc) is 2.44. The van der Waals surface area contributed by atoms with Crippen LogP contribution < -0.4 is 0 Å². The molecular weight excluding hydrogens is 305 g/mol. The molecule has 134 valence electrons. The Bertz CT molecular complexity index is 569. The van der Waals surface area contributed by atoms with Gasteiger partial charge in [-0.3, -0.25) is 0 Å². The number of ether oxygens (including phenoxy) is 1. The summed E-state index contributed by atoms with van der Waals surface area (Å²) in [5.74, 6) is 0.388. The van der Waals surface area contributed by atoms with Crippen molar-refractivity contribution in [1.29, 1.82) is 0 Å². The summed E-state index contributed by atoms with van der Waals surface area (Å²) in [4.78, 5) is 14.2. The maximum Gasteiger partial charge on any atom is 0.410 e. The first-order chi connectivity index (χ1) is 11.0. The van der Waals surface area contributed by atoms with Crippen LogP contribution in [0.3, 0.4) is 0 Å². The van der Waals surface area contributed by atoms with Gasteiger partial charge < -0.3 is 9.64 Å². The summed E-state index contributed by atoms with van der Waals surface area (Å²) in [6.07, 6.45) is 0.659. The van der Waals surface area contributed by atoms with Gasteiger partial charge in [0.15, 0.2) is 0 Å². The van der Waals surface area contributed by atoms with Crippen LogP contribution in [0, 0.1) is 17.2 Å². The maximum absolute atomic E-state index is 13.3. The molecule has 4 heteroatoms. The zero-order chi connectivity index (χ0) is 18.1. The van der Waals surface area contributed by atoms with Gasteiger partial charge in [0.1, 0.15) is 11.4 Å². The van der Waals surface area contributed by atoms with Gasteiger partial charge in [0.2, 0.25) is 0 Å². The van der Waals surface area contributed by atoms with Gasteiger partial charge in [0.05, 0.1) is 0 Å². The highest BCUT2D eigenvalue weighted by atomic mass is 19.1. The second kappa shape index (κ2) is 6.73. The predicted octanol–water partition coefficient (Wildman–Crippen LogP) is 5.21. The van der Waals surface area contributed by atoms with Crippen LogP contribution in [0.15, 0.2) is 24.3 Å². The number of carbonyl (C=O) groups excluding carboxylic acids is 1. The Labute approximate surface area is 145 Å². The molecule has 0 aromatic heterocycles. The predicted molar refractivity (Wildman–Crippen MR) is 94.5 cm³/mol. The van der Waals surface area contributed by atoms with Crippen molar-refractivity contribution >= 4 is 6.09 Å². The highest BCUT2D eigenvalue weighted by Gasteiger charge is 2.39. The third kappa shape index (κ3) is 4.71. The van der Waals surface area contributed by atoms with Crippen LogP contribution in [-0.2, 0) is 4.74 Å². The van der Waals surface area contributed by atoms with Gasteiger partial charge in [-0.1, -0.05) is 32.9 Å². The van der Waals surface area contributed by atoms with E-state index in [-0.39, 0.29) is 23.2 Å². The van der Waals surface area contributed by atoms with Gasteiger partial charge >= 0.3 is 6.09 Å². The van der Waals surface area contributed by atoms with Crippen molar-refractivity contribution in [1.82, 2.24) is 4.90 Å². The minimum Gasteiger partial charge on any atom is -0.444 e. The summed E-state index contributed by atoms with van der Waals surface area (Å²) in [6, 6.07) is 6.69. The maximum atomic E-state index is 13.3. The largest absolute Gasteiger partial charge is 0.444 e. The summed E-state index contributed by atoms with van der Waals surface area (Å²) in [5.41, 5.74) is 0.715. The molecule has 1 aromatic rings. The first-order valence-corrected chi connectivity index (χ1v) is 8.71. The van der Waals surface area contributed by atoms with Crippen LogP contribution in [0.25, 0.3) is 0 Å². The summed E-state index contributed by atoms with van der Waals surface area (Å²) in [7, 11) is 0. The van der Waals surface area contributed by atoms with E-state index in [0.29, 0.717) is 19.0 Å². The Morgan fingerprint density at radius 1 is 1.12 bits per heavy atom. The van der Waals surface area contributed by atoms with E-state index >= 15 is 0 Å². The normalized spacial score (nSPS) is 22.4. The lowest BCUT2D eigenvalue weighted by Crippen LogP contribution is -2.47. The Morgan fingerprint density at radius 2 is 1.71 bits per heavy atom. The van der Waals surface area contributed by atoms with Crippen LogP contribution in [0.1, 0.15) is 59.4 Å². The third-order valence-electron chi connectivity index (χ3n) is 4.68. The molecule has 2 atom stereocenters. The Balaban J connectivity index is 2.23. The summed E-state index contributed by atoms with van der Waals surface area (Å²) >= 11 is 0. The molecule has 1 aromatic carbocycles. The molecule has 1 saturated heterocycles. The molecule has 1 heterocycles. The number of benzene rings is 1. The van der Waals surface area contributed by atoms with E-state index in [1.165, 1.54) is 12.1 Å². The molecule has 2 unspecified atom stereocenters. The number of rotatable bonds is 1. The molecule has 0 aliphatic carbocycles. The van der Waals surface area contributed by atoms with E-state index in [1.54, 1.807) is 4.90 Å². The van der Waals surface area contributed by atoms with Gasteiger partial charge in [-0.05, 0) is 56.2 Å². The van der Waals surface area contributed by atoms with Crippen molar-refractivity contribution in [3.63, 3.8) is 0 Å². The van der Waals surface area contributed by atoms with Crippen LogP contribution in [-0.4, -0.2) is 29.7 Å². The number of piperidine rings is 1. The van der Waals surface area contributed by atoms with Crippen LogP contribution in [0.4, 0.5) is 9.18 Å². The van der Waals surface area contributed by atoms with E-state index in [4.69, 9.17) is 4.74 Å². The van der Waals surface area contributed by atoms with Crippen molar-refractivity contribution in [2.75, 3.05) is 13.1 Å². The van der Waals surface area contributed by atoms with Crippen LogP contribution in [0.5, 0.6) is 0 Å². The van der Waals surface area contributed by atoms with Crippen molar-refractivity contribution < 1.29 is 13.9 Å². The lowest BCUT2D eigenvalue weighted by molar-refractivity contribution is 0.00798. The molecule has 1 amide bonds. The summed E-state index contributed by atoms with van der Waals surface area (Å²) < 4.78 is 18.8. The second-order valence-electron chi connectivity index (χ2n) is 8.85. The number of hydrogen-bond acceptors (Lipinski definition) is 2. The van der Waals surface area contributed by atoms with Crippen LogP contribution >= 0.6 is 0 Å². The fourth-order valence-corrected chi connectivity index (χ4v) is 3.53. The van der Waals surface area contributed by atoms with Crippen molar-refractivity contribution in [2.45, 2.75) is 59.5 Å². The lowest BCUT2D eigenvalue weighted by Gasteiger charge is -2.45. The highest BCUT2D eigenvalue weighted by Crippen LogP contribution is 2.43. The molecule has 3 nitrogen and oxygen atoms in total. The molecule has 0 saturated carbocycles. The number of nitrogens with zero attached hydrogens (tertiary/aromatic N) is 1. The standard InChI is InChI=1S/C20H30FNO2/c1-19(2,3)17-11-12-22(18(23)24-20(4,5)6)13-16(17)14-7-9-15(21)10-8-14/h7-10,16-17H,11-13H2,1-6H3. The van der Waals surface area contributed by atoms with Gasteiger partial charge in [-0.15, -0.1) is 0 Å². The minimum atomic E-state index is -0.497.